The maximum Gasteiger partial charge on any atom is 0.0741 e. The fraction of sp³-hybridized carbons (Fsp3) is 0.909. The van der Waals surface area contributed by atoms with Crippen LogP contribution < -0.4 is 0 Å². The number of hydroxylamine groups is 2. The van der Waals surface area contributed by atoms with Gasteiger partial charge in [-0.2, -0.15) is 5.06 Å². The van der Waals surface area contributed by atoms with Crippen LogP contribution in [0.4, 0.5) is 0 Å². The number of nitrogens with zero attached hydrogens (tertiary/aromatic N) is 1. The van der Waals surface area contributed by atoms with Crippen molar-refractivity contribution in [2.24, 2.45) is 17.8 Å². The van der Waals surface area contributed by atoms with Gasteiger partial charge >= 0.3 is 0 Å². The average molecular weight is 372 g/mol. The Kier molecular flexibility index (Phi) is 11.2. The molecule has 0 bridgehead atoms. The Morgan fingerprint density at radius 3 is 2.00 bits per heavy atom. The van der Waals surface area contributed by atoms with Crippen LogP contribution >= 0.6 is 0 Å². The lowest BCUT2D eigenvalue weighted by molar-refractivity contribution is -0.179. The zero-order chi connectivity index (χ0) is 20.5. The van der Waals surface area contributed by atoms with Gasteiger partial charge in [0, 0.05) is 32.5 Å². The molecule has 0 aliphatic carbocycles. The minimum Gasteiger partial charge on any atom is -0.375 e. The summed E-state index contributed by atoms with van der Waals surface area (Å²) in [5, 5.41) is 1.76. The Morgan fingerprint density at radius 1 is 1.00 bits per heavy atom. The Labute approximate surface area is 163 Å². The van der Waals surface area contributed by atoms with Crippen molar-refractivity contribution in [3.63, 3.8) is 0 Å². The van der Waals surface area contributed by atoms with Gasteiger partial charge in [-0.05, 0) is 53.4 Å². The summed E-state index contributed by atoms with van der Waals surface area (Å²) in [6.45, 7) is 23.5. The van der Waals surface area contributed by atoms with E-state index >= 15 is 0 Å². The van der Waals surface area contributed by atoms with E-state index in [1.807, 2.05) is 14.1 Å². The minimum atomic E-state index is -0.308. The van der Waals surface area contributed by atoms with Gasteiger partial charge in [-0.1, -0.05) is 32.9 Å². The monoisotopic (exact) mass is 371 g/mol. The molecule has 0 spiro atoms. The molecule has 0 aromatic rings. The lowest BCUT2D eigenvalue weighted by atomic mass is 9.82. The summed E-state index contributed by atoms with van der Waals surface area (Å²) in [6, 6.07) is 0. The molecule has 0 radical (unpaired) electrons. The number of rotatable bonds is 14. The molecular formula is C22H45NO3. The standard InChI is InChI=1S/C22H45NO3/c1-12-19(18(4)5)15-25-22(8,9)20(16-26-23(10)11)13-21(6,7)24-14-17(2)3/h17,19-20H,4,12-16H2,1-3,5-11H3. The van der Waals surface area contributed by atoms with Crippen molar-refractivity contribution in [2.45, 2.75) is 79.4 Å². The zero-order valence-corrected chi connectivity index (χ0v) is 19.1. The van der Waals surface area contributed by atoms with Gasteiger partial charge in [0.25, 0.3) is 0 Å². The molecule has 0 aliphatic rings. The van der Waals surface area contributed by atoms with Gasteiger partial charge < -0.3 is 9.47 Å². The molecule has 0 rings (SSSR count). The van der Waals surface area contributed by atoms with Crippen molar-refractivity contribution < 1.29 is 14.3 Å². The van der Waals surface area contributed by atoms with E-state index in [1.165, 1.54) is 5.57 Å². The smallest absolute Gasteiger partial charge is 0.0741 e. The highest BCUT2D eigenvalue weighted by molar-refractivity contribution is 4.96. The van der Waals surface area contributed by atoms with Crippen LogP contribution in [0.2, 0.25) is 0 Å². The summed E-state index contributed by atoms with van der Waals surface area (Å²) < 4.78 is 12.6. The molecule has 2 atom stereocenters. The number of ether oxygens (including phenoxy) is 2. The van der Waals surface area contributed by atoms with Gasteiger partial charge in [-0.25, -0.2) is 0 Å². The second-order valence-electron chi connectivity index (χ2n) is 9.34. The quantitative estimate of drug-likeness (QED) is 0.305. The molecule has 0 fully saturated rings. The fourth-order valence-electron chi connectivity index (χ4n) is 2.83. The molecule has 2 unspecified atom stereocenters. The van der Waals surface area contributed by atoms with Crippen LogP contribution in [0.1, 0.15) is 68.2 Å². The first-order valence-electron chi connectivity index (χ1n) is 10.0. The zero-order valence-electron chi connectivity index (χ0n) is 19.1. The summed E-state index contributed by atoms with van der Waals surface area (Å²) in [4.78, 5) is 5.82. The molecule has 0 heterocycles. The molecule has 0 aromatic carbocycles. The van der Waals surface area contributed by atoms with Crippen LogP contribution in [-0.4, -0.2) is 50.2 Å². The van der Waals surface area contributed by atoms with E-state index in [4.69, 9.17) is 14.3 Å². The fourth-order valence-corrected chi connectivity index (χ4v) is 2.83. The summed E-state index contributed by atoms with van der Waals surface area (Å²) in [6.07, 6.45) is 1.93. The molecule has 0 saturated heterocycles. The Bertz CT molecular complexity index is 402. The van der Waals surface area contributed by atoms with Gasteiger partial charge in [0.1, 0.15) is 0 Å². The molecule has 156 valence electrons. The Balaban J connectivity index is 5.09. The first kappa shape index (κ1) is 25.6. The van der Waals surface area contributed by atoms with Crippen molar-refractivity contribution in [1.29, 1.82) is 0 Å². The molecule has 0 aromatic heterocycles. The minimum absolute atomic E-state index is 0.217. The van der Waals surface area contributed by atoms with E-state index in [2.05, 4.69) is 62.0 Å². The lowest BCUT2D eigenvalue weighted by Crippen LogP contribution is -2.44. The Hall–Kier alpha value is -0.420. The predicted molar refractivity (Wildman–Crippen MR) is 111 cm³/mol. The summed E-state index contributed by atoms with van der Waals surface area (Å²) >= 11 is 0. The Morgan fingerprint density at radius 2 is 1.58 bits per heavy atom. The molecule has 4 heteroatoms. The van der Waals surface area contributed by atoms with Crippen molar-refractivity contribution in [3.8, 4) is 0 Å². The second-order valence-corrected chi connectivity index (χ2v) is 9.34. The third-order valence-corrected chi connectivity index (χ3v) is 4.91. The number of hydrogen-bond acceptors (Lipinski definition) is 4. The molecule has 0 N–H and O–H groups in total. The third-order valence-electron chi connectivity index (χ3n) is 4.91. The van der Waals surface area contributed by atoms with Crippen molar-refractivity contribution in [2.75, 3.05) is 33.9 Å². The third kappa shape index (κ3) is 10.7. The highest BCUT2D eigenvalue weighted by Gasteiger charge is 2.36. The van der Waals surface area contributed by atoms with Crippen molar-refractivity contribution in [3.05, 3.63) is 12.2 Å². The average Bonchev–Trinajstić information content (AvgIpc) is 2.49. The maximum absolute atomic E-state index is 6.39. The van der Waals surface area contributed by atoms with Gasteiger partial charge in [0.15, 0.2) is 0 Å². The first-order valence-corrected chi connectivity index (χ1v) is 10.0. The largest absolute Gasteiger partial charge is 0.375 e. The van der Waals surface area contributed by atoms with E-state index in [0.717, 1.165) is 19.4 Å². The van der Waals surface area contributed by atoms with Crippen molar-refractivity contribution in [1.82, 2.24) is 5.06 Å². The number of hydrogen-bond donors (Lipinski definition) is 0. The summed E-state index contributed by atoms with van der Waals surface area (Å²) in [5.74, 6) is 1.14. The van der Waals surface area contributed by atoms with E-state index in [9.17, 15) is 0 Å². The van der Waals surface area contributed by atoms with E-state index < -0.39 is 0 Å². The van der Waals surface area contributed by atoms with Gasteiger partial charge in [0.05, 0.1) is 24.4 Å². The van der Waals surface area contributed by atoms with Crippen LogP contribution in [0.5, 0.6) is 0 Å². The summed E-state index contributed by atoms with van der Waals surface area (Å²) in [5.41, 5.74) is 0.658. The van der Waals surface area contributed by atoms with Gasteiger partial charge in [0.2, 0.25) is 0 Å². The topological polar surface area (TPSA) is 30.9 Å². The highest BCUT2D eigenvalue weighted by Crippen LogP contribution is 2.33. The highest BCUT2D eigenvalue weighted by atomic mass is 16.7. The van der Waals surface area contributed by atoms with Gasteiger partial charge in [-0.15, -0.1) is 0 Å². The molecule has 26 heavy (non-hydrogen) atoms. The molecule has 0 aliphatic heterocycles. The van der Waals surface area contributed by atoms with Crippen LogP contribution in [0.25, 0.3) is 0 Å². The SMILES string of the molecule is C=C(C)C(CC)COC(C)(C)C(CON(C)C)CC(C)(C)OCC(C)C. The second kappa shape index (κ2) is 11.4. The maximum atomic E-state index is 6.39. The van der Waals surface area contributed by atoms with E-state index in [1.54, 1.807) is 5.06 Å². The lowest BCUT2D eigenvalue weighted by Gasteiger charge is -2.40. The van der Waals surface area contributed by atoms with Crippen molar-refractivity contribution >= 4 is 0 Å². The molecular weight excluding hydrogens is 326 g/mol. The molecule has 0 amide bonds. The van der Waals surface area contributed by atoms with E-state index in [-0.39, 0.29) is 17.1 Å². The van der Waals surface area contributed by atoms with Crippen LogP contribution in [-0.2, 0) is 14.3 Å². The predicted octanol–water partition coefficient (Wildman–Crippen LogP) is 5.33. The molecule has 0 saturated carbocycles. The van der Waals surface area contributed by atoms with Crippen LogP contribution in [0.3, 0.4) is 0 Å². The van der Waals surface area contributed by atoms with Gasteiger partial charge in [-0.3, -0.25) is 4.84 Å². The first-order chi connectivity index (χ1) is 11.8. The van der Waals surface area contributed by atoms with E-state index in [0.29, 0.717) is 25.0 Å². The normalized spacial score (nSPS) is 15.5. The van der Waals surface area contributed by atoms with Crippen LogP contribution in [0, 0.1) is 17.8 Å². The van der Waals surface area contributed by atoms with Crippen LogP contribution in [0.15, 0.2) is 12.2 Å². The molecule has 4 nitrogen and oxygen atoms in total. The summed E-state index contributed by atoms with van der Waals surface area (Å²) in [7, 11) is 3.83.